The van der Waals surface area contributed by atoms with Crippen LogP contribution in [0.2, 0.25) is 0 Å². The molecule has 0 bridgehead atoms. The van der Waals surface area contributed by atoms with Crippen LogP contribution in [0.4, 0.5) is 0 Å². The third kappa shape index (κ3) is 3.23. The lowest BCUT2D eigenvalue weighted by atomic mass is 10.1. The molecule has 0 amide bonds. The smallest absolute Gasteiger partial charge is 0.140 e. The van der Waals surface area contributed by atoms with Crippen molar-refractivity contribution in [2.45, 2.75) is 13.0 Å². The van der Waals surface area contributed by atoms with Gasteiger partial charge < -0.3 is 10.1 Å². The molecule has 0 aromatic heterocycles. The second-order valence-corrected chi connectivity index (χ2v) is 5.27. The Hall–Kier alpha value is -1.07. The third-order valence-electron chi connectivity index (χ3n) is 2.88. The zero-order chi connectivity index (χ0) is 13.0. The SMILES string of the molecule is CNC(C)c1ccc(Oc2ccccc2I)cc1. The van der Waals surface area contributed by atoms with Gasteiger partial charge in [0.1, 0.15) is 11.5 Å². The van der Waals surface area contributed by atoms with E-state index < -0.39 is 0 Å². The fourth-order valence-electron chi connectivity index (χ4n) is 1.65. The number of hydrogen-bond donors (Lipinski definition) is 1. The zero-order valence-corrected chi connectivity index (χ0v) is 12.6. The van der Waals surface area contributed by atoms with Crippen molar-refractivity contribution in [1.82, 2.24) is 5.32 Å². The van der Waals surface area contributed by atoms with E-state index in [1.54, 1.807) is 0 Å². The molecule has 0 heterocycles. The molecule has 2 rings (SSSR count). The Morgan fingerprint density at radius 3 is 2.33 bits per heavy atom. The number of nitrogens with one attached hydrogen (secondary N) is 1. The molecule has 0 radical (unpaired) electrons. The lowest BCUT2D eigenvalue weighted by molar-refractivity contribution is 0.478. The van der Waals surface area contributed by atoms with Crippen molar-refractivity contribution in [3.63, 3.8) is 0 Å². The molecule has 94 valence electrons. The van der Waals surface area contributed by atoms with Crippen molar-refractivity contribution >= 4 is 22.6 Å². The first-order valence-corrected chi connectivity index (χ1v) is 6.98. The molecular formula is C15H16INO. The van der Waals surface area contributed by atoms with Crippen LogP contribution in [0.1, 0.15) is 18.5 Å². The molecule has 0 fully saturated rings. The Labute approximate surface area is 122 Å². The minimum atomic E-state index is 0.357. The molecule has 0 saturated heterocycles. The van der Waals surface area contributed by atoms with E-state index in [1.165, 1.54) is 5.56 Å². The molecule has 1 unspecified atom stereocenters. The van der Waals surface area contributed by atoms with E-state index in [-0.39, 0.29) is 0 Å². The van der Waals surface area contributed by atoms with Gasteiger partial charge in [0.05, 0.1) is 3.57 Å². The predicted octanol–water partition coefficient (Wildman–Crippen LogP) is 4.36. The van der Waals surface area contributed by atoms with Gasteiger partial charge in [-0.25, -0.2) is 0 Å². The summed E-state index contributed by atoms with van der Waals surface area (Å²) in [5, 5.41) is 3.22. The molecule has 2 aromatic carbocycles. The van der Waals surface area contributed by atoms with Gasteiger partial charge in [0.2, 0.25) is 0 Å². The minimum Gasteiger partial charge on any atom is -0.456 e. The van der Waals surface area contributed by atoms with E-state index in [4.69, 9.17) is 4.74 Å². The van der Waals surface area contributed by atoms with Crippen molar-refractivity contribution in [2.24, 2.45) is 0 Å². The first-order valence-electron chi connectivity index (χ1n) is 5.90. The van der Waals surface area contributed by atoms with E-state index >= 15 is 0 Å². The summed E-state index contributed by atoms with van der Waals surface area (Å²) in [6.07, 6.45) is 0. The van der Waals surface area contributed by atoms with Crippen LogP contribution in [0.5, 0.6) is 11.5 Å². The highest BCUT2D eigenvalue weighted by Gasteiger charge is 2.04. The van der Waals surface area contributed by atoms with Crippen LogP contribution in [0.15, 0.2) is 48.5 Å². The highest BCUT2D eigenvalue weighted by Crippen LogP contribution is 2.27. The van der Waals surface area contributed by atoms with Crippen LogP contribution in [-0.2, 0) is 0 Å². The largest absolute Gasteiger partial charge is 0.456 e. The van der Waals surface area contributed by atoms with Gasteiger partial charge in [0.25, 0.3) is 0 Å². The van der Waals surface area contributed by atoms with Crippen molar-refractivity contribution in [3.8, 4) is 11.5 Å². The fraction of sp³-hybridized carbons (Fsp3) is 0.200. The van der Waals surface area contributed by atoms with Gasteiger partial charge in [-0.05, 0) is 66.4 Å². The molecule has 1 N–H and O–H groups in total. The van der Waals surface area contributed by atoms with E-state index in [0.29, 0.717) is 6.04 Å². The molecule has 0 saturated carbocycles. The zero-order valence-electron chi connectivity index (χ0n) is 10.5. The quantitative estimate of drug-likeness (QED) is 0.825. The normalized spacial score (nSPS) is 12.2. The number of para-hydroxylation sites is 1. The van der Waals surface area contributed by atoms with Crippen molar-refractivity contribution < 1.29 is 4.74 Å². The average molecular weight is 353 g/mol. The van der Waals surface area contributed by atoms with Crippen LogP contribution >= 0.6 is 22.6 Å². The second kappa shape index (κ2) is 6.20. The maximum absolute atomic E-state index is 5.85. The number of hydrogen-bond acceptors (Lipinski definition) is 2. The van der Waals surface area contributed by atoms with Gasteiger partial charge in [0, 0.05) is 6.04 Å². The second-order valence-electron chi connectivity index (χ2n) is 4.11. The molecule has 0 aliphatic carbocycles. The topological polar surface area (TPSA) is 21.3 Å². The highest BCUT2D eigenvalue weighted by molar-refractivity contribution is 14.1. The van der Waals surface area contributed by atoms with Crippen molar-refractivity contribution in [3.05, 3.63) is 57.7 Å². The summed E-state index contributed by atoms with van der Waals surface area (Å²) in [6, 6.07) is 16.5. The first-order chi connectivity index (χ1) is 8.70. The van der Waals surface area contributed by atoms with Crippen LogP contribution in [0.3, 0.4) is 0 Å². The summed E-state index contributed by atoms with van der Waals surface area (Å²) in [5.41, 5.74) is 1.26. The lowest BCUT2D eigenvalue weighted by Crippen LogP contribution is -2.11. The predicted molar refractivity (Wildman–Crippen MR) is 83.1 cm³/mol. The molecule has 0 spiro atoms. The molecule has 0 aliphatic rings. The van der Waals surface area contributed by atoms with Gasteiger partial charge in [-0.15, -0.1) is 0 Å². The minimum absolute atomic E-state index is 0.357. The Bertz CT molecular complexity index is 510. The third-order valence-corrected chi connectivity index (χ3v) is 3.77. The Morgan fingerprint density at radius 1 is 1.06 bits per heavy atom. The van der Waals surface area contributed by atoms with E-state index in [1.807, 2.05) is 43.4 Å². The number of rotatable bonds is 4. The summed E-state index contributed by atoms with van der Waals surface area (Å²) >= 11 is 2.28. The lowest BCUT2D eigenvalue weighted by Gasteiger charge is -2.12. The molecule has 2 aromatic rings. The standard InChI is InChI=1S/C15H16INO/c1-11(17-2)12-7-9-13(10-8-12)18-15-6-4-3-5-14(15)16/h3-11,17H,1-2H3. The average Bonchev–Trinajstić information content (AvgIpc) is 2.41. The van der Waals surface area contributed by atoms with Gasteiger partial charge >= 0.3 is 0 Å². The van der Waals surface area contributed by atoms with Crippen LogP contribution in [-0.4, -0.2) is 7.05 Å². The molecule has 1 atom stereocenters. The first kappa shape index (κ1) is 13.4. The maximum Gasteiger partial charge on any atom is 0.140 e. The summed E-state index contributed by atoms with van der Waals surface area (Å²) in [5.74, 6) is 1.76. The molecule has 2 nitrogen and oxygen atoms in total. The Kier molecular flexibility index (Phi) is 4.60. The van der Waals surface area contributed by atoms with Crippen molar-refractivity contribution in [1.29, 1.82) is 0 Å². The van der Waals surface area contributed by atoms with Crippen LogP contribution < -0.4 is 10.1 Å². The number of ether oxygens (including phenoxy) is 1. The van der Waals surface area contributed by atoms with Crippen LogP contribution in [0, 0.1) is 3.57 Å². The monoisotopic (exact) mass is 353 g/mol. The maximum atomic E-state index is 5.85. The fourth-order valence-corrected chi connectivity index (χ4v) is 2.14. The van der Waals surface area contributed by atoms with Gasteiger partial charge in [-0.3, -0.25) is 0 Å². The van der Waals surface area contributed by atoms with Gasteiger partial charge in [0.15, 0.2) is 0 Å². The van der Waals surface area contributed by atoms with E-state index in [0.717, 1.165) is 15.1 Å². The molecule has 3 heteroatoms. The number of halogens is 1. The molecular weight excluding hydrogens is 337 g/mol. The molecule has 18 heavy (non-hydrogen) atoms. The summed E-state index contributed by atoms with van der Waals surface area (Å²) < 4.78 is 6.96. The molecule has 0 aliphatic heterocycles. The number of benzene rings is 2. The Morgan fingerprint density at radius 2 is 1.72 bits per heavy atom. The van der Waals surface area contributed by atoms with Crippen LogP contribution in [0.25, 0.3) is 0 Å². The Balaban J connectivity index is 2.14. The highest BCUT2D eigenvalue weighted by atomic mass is 127. The van der Waals surface area contributed by atoms with E-state index in [2.05, 4.69) is 47.0 Å². The van der Waals surface area contributed by atoms with Gasteiger partial charge in [-0.2, -0.15) is 0 Å². The van der Waals surface area contributed by atoms with Crippen molar-refractivity contribution in [2.75, 3.05) is 7.05 Å². The van der Waals surface area contributed by atoms with Gasteiger partial charge in [-0.1, -0.05) is 24.3 Å². The summed E-state index contributed by atoms with van der Waals surface area (Å²) in [4.78, 5) is 0. The summed E-state index contributed by atoms with van der Waals surface area (Å²) in [7, 11) is 1.96. The van der Waals surface area contributed by atoms with E-state index in [9.17, 15) is 0 Å². The summed E-state index contributed by atoms with van der Waals surface area (Å²) in [6.45, 7) is 2.13.